The summed E-state index contributed by atoms with van der Waals surface area (Å²) >= 11 is 0. The van der Waals surface area contributed by atoms with E-state index in [1.807, 2.05) is 18.2 Å². The van der Waals surface area contributed by atoms with Gasteiger partial charge in [-0.3, -0.25) is 5.41 Å². The van der Waals surface area contributed by atoms with Crippen molar-refractivity contribution >= 4 is 5.90 Å². The van der Waals surface area contributed by atoms with Gasteiger partial charge < -0.3 is 9.47 Å². The van der Waals surface area contributed by atoms with Crippen molar-refractivity contribution < 1.29 is 9.47 Å². The number of benzene rings is 1. The predicted octanol–water partition coefficient (Wildman–Crippen LogP) is 3.46. The topological polar surface area (TPSA) is 137 Å². The molecule has 2 heterocycles. The molecule has 2 aliphatic heterocycles. The first-order valence-corrected chi connectivity index (χ1v) is 9.23. The van der Waals surface area contributed by atoms with Crippen LogP contribution in [0.15, 0.2) is 24.3 Å². The Morgan fingerprint density at radius 2 is 1.68 bits per heavy atom. The van der Waals surface area contributed by atoms with E-state index >= 15 is 0 Å². The van der Waals surface area contributed by atoms with Crippen molar-refractivity contribution in [2.24, 2.45) is 16.7 Å². The lowest BCUT2D eigenvalue weighted by Crippen LogP contribution is -2.59. The lowest BCUT2D eigenvalue weighted by Gasteiger charge is -2.49. The molecule has 7 nitrogen and oxygen atoms in total. The van der Waals surface area contributed by atoms with Crippen LogP contribution in [0.5, 0.6) is 0 Å². The lowest BCUT2D eigenvalue weighted by atomic mass is 9.52. The summed E-state index contributed by atoms with van der Waals surface area (Å²) in [7, 11) is 0. The highest BCUT2D eigenvalue weighted by Gasteiger charge is 2.80. The zero-order chi connectivity index (χ0) is 20.0. The predicted molar refractivity (Wildman–Crippen MR) is 94.8 cm³/mol. The van der Waals surface area contributed by atoms with E-state index in [2.05, 4.69) is 6.07 Å². The van der Waals surface area contributed by atoms with E-state index in [1.165, 1.54) is 0 Å². The van der Waals surface area contributed by atoms with E-state index in [-0.39, 0.29) is 5.90 Å². The molecular weight excluding hydrogens is 354 g/mol. The second-order valence-corrected chi connectivity index (χ2v) is 7.58. The second kappa shape index (κ2) is 6.07. The minimum Gasteiger partial charge on any atom is -0.447 e. The van der Waals surface area contributed by atoms with Crippen molar-refractivity contribution in [2.45, 2.75) is 44.0 Å². The highest BCUT2D eigenvalue weighted by Crippen LogP contribution is 2.68. The van der Waals surface area contributed by atoms with Crippen LogP contribution in [0.2, 0.25) is 0 Å². The van der Waals surface area contributed by atoms with Crippen LogP contribution in [0.25, 0.3) is 0 Å². The summed E-state index contributed by atoms with van der Waals surface area (Å²) in [4.78, 5) is 0. The van der Waals surface area contributed by atoms with Crippen LogP contribution < -0.4 is 0 Å². The summed E-state index contributed by atoms with van der Waals surface area (Å²) in [5.74, 6) is -2.07. The SMILES string of the molecule is N#Cc1ccc(C2OC34CCCCCC3C(C#N)(C(=N)O4)C2(C#N)C#N)cc1. The maximum atomic E-state index is 10.2. The number of ether oxygens (including phenoxy) is 2. The smallest absolute Gasteiger partial charge is 0.217 e. The van der Waals surface area contributed by atoms with Crippen LogP contribution in [0.3, 0.4) is 0 Å². The molecular formula is C21H17N5O2. The van der Waals surface area contributed by atoms with Crippen LogP contribution >= 0.6 is 0 Å². The van der Waals surface area contributed by atoms with Crippen LogP contribution in [-0.2, 0) is 9.47 Å². The standard InChI is InChI=1S/C21H17N5O2/c22-10-14-5-7-15(8-6-14)17-19(11-23,12-24)20(13-25)16-4-2-1-3-9-21(16,27-17)28-18(20)26/h5-8,16-17,26H,1-4,9H2. The molecule has 1 N–H and O–H groups in total. The van der Waals surface area contributed by atoms with Crippen LogP contribution in [-0.4, -0.2) is 11.7 Å². The molecule has 28 heavy (non-hydrogen) atoms. The van der Waals surface area contributed by atoms with Crippen molar-refractivity contribution in [1.29, 1.82) is 26.5 Å². The number of rotatable bonds is 1. The molecule has 4 unspecified atom stereocenters. The molecule has 138 valence electrons. The first kappa shape index (κ1) is 18.0. The Morgan fingerprint density at radius 3 is 2.29 bits per heavy atom. The number of nitriles is 4. The molecule has 3 fully saturated rings. The maximum Gasteiger partial charge on any atom is 0.217 e. The molecule has 1 saturated carbocycles. The van der Waals surface area contributed by atoms with Crippen molar-refractivity contribution in [3.8, 4) is 24.3 Å². The lowest BCUT2D eigenvalue weighted by molar-refractivity contribution is -0.284. The van der Waals surface area contributed by atoms with Crippen LogP contribution in [0.4, 0.5) is 0 Å². The molecule has 0 aromatic heterocycles. The van der Waals surface area contributed by atoms with Gasteiger partial charge >= 0.3 is 0 Å². The van der Waals surface area contributed by atoms with Gasteiger partial charge in [0.15, 0.2) is 5.41 Å². The second-order valence-electron chi connectivity index (χ2n) is 7.58. The average Bonchev–Trinajstić information content (AvgIpc) is 2.86. The fourth-order valence-corrected chi connectivity index (χ4v) is 5.07. The molecule has 0 spiro atoms. The molecule has 1 aromatic carbocycles. The van der Waals surface area contributed by atoms with E-state index in [4.69, 9.17) is 20.1 Å². The first-order chi connectivity index (χ1) is 13.5. The Morgan fingerprint density at radius 1 is 0.964 bits per heavy atom. The van der Waals surface area contributed by atoms with Crippen molar-refractivity contribution in [1.82, 2.24) is 0 Å². The molecule has 2 bridgehead atoms. The van der Waals surface area contributed by atoms with E-state index in [1.54, 1.807) is 24.3 Å². The van der Waals surface area contributed by atoms with Gasteiger partial charge in [-0.1, -0.05) is 25.0 Å². The van der Waals surface area contributed by atoms with Gasteiger partial charge in [0.05, 0.1) is 35.8 Å². The third-order valence-corrected chi connectivity index (χ3v) is 6.41. The number of hydrogen-bond acceptors (Lipinski definition) is 7. The Hall–Kier alpha value is -3.39. The largest absolute Gasteiger partial charge is 0.447 e. The average molecular weight is 371 g/mol. The van der Waals surface area contributed by atoms with Gasteiger partial charge in [0.2, 0.25) is 17.1 Å². The van der Waals surface area contributed by atoms with Gasteiger partial charge in [0, 0.05) is 6.42 Å². The summed E-state index contributed by atoms with van der Waals surface area (Å²) in [6.07, 6.45) is 2.58. The van der Waals surface area contributed by atoms with Crippen molar-refractivity contribution in [3.63, 3.8) is 0 Å². The van der Waals surface area contributed by atoms with Gasteiger partial charge in [0.25, 0.3) is 0 Å². The fraction of sp³-hybridized carbons (Fsp3) is 0.476. The van der Waals surface area contributed by atoms with E-state index in [0.29, 0.717) is 24.0 Å². The van der Waals surface area contributed by atoms with Crippen LogP contribution in [0, 0.1) is 67.5 Å². The Kier molecular flexibility index (Phi) is 3.90. The molecule has 0 radical (unpaired) electrons. The minimum atomic E-state index is -1.93. The zero-order valence-electron chi connectivity index (χ0n) is 15.1. The van der Waals surface area contributed by atoms with E-state index < -0.39 is 28.6 Å². The normalized spacial score (nSPS) is 35.1. The Bertz CT molecular complexity index is 992. The summed E-state index contributed by atoms with van der Waals surface area (Å²) in [5.41, 5.74) is -2.67. The Balaban J connectivity index is 1.97. The third kappa shape index (κ3) is 1.95. The van der Waals surface area contributed by atoms with Crippen molar-refractivity contribution in [3.05, 3.63) is 35.4 Å². The number of hydrogen-bond donors (Lipinski definition) is 1. The summed E-state index contributed by atoms with van der Waals surface area (Å²) in [6, 6.07) is 14.7. The van der Waals surface area contributed by atoms with E-state index in [9.17, 15) is 15.8 Å². The summed E-state index contributed by atoms with van der Waals surface area (Å²) < 4.78 is 12.3. The van der Waals surface area contributed by atoms with Gasteiger partial charge in [-0.2, -0.15) is 21.0 Å². The van der Waals surface area contributed by atoms with Gasteiger partial charge in [0.1, 0.15) is 6.10 Å². The first-order valence-electron chi connectivity index (χ1n) is 9.23. The highest BCUT2D eigenvalue weighted by atomic mass is 16.7. The summed E-state index contributed by atoms with van der Waals surface area (Å²) in [5, 5.41) is 48.1. The van der Waals surface area contributed by atoms with E-state index in [0.717, 1.165) is 19.3 Å². The highest BCUT2D eigenvalue weighted by molar-refractivity contribution is 5.89. The van der Waals surface area contributed by atoms with Gasteiger partial charge in [-0.25, -0.2) is 0 Å². The molecule has 0 amide bonds. The summed E-state index contributed by atoms with van der Waals surface area (Å²) in [6.45, 7) is 0. The maximum absolute atomic E-state index is 10.2. The Labute approximate surface area is 162 Å². The van der Waals surface area contributed by atoms with Gasteiger partial charge in [-0.15, -0.1) is 0 Å². The fourth-order valence-electron chi connectivity index (χ4n) is 5.07. The molecule has 1 aromatic rings. The quantitative estimate of drug-likeness (QED) is 0.802. The molecule has 2 saturated heterocycles. The number of nitrogens with one attached hydrogen (secondary N) is 1. The monoisotopic (exact) mass is 371 g/mol. The molecule has 3 aliphatic rings. The third-order valence-electron chi connectivity index (χ3n) is 6.41. The number of nitrogens with zero attached hydrogens (tertiary/aromatic N) is 4. The zero-order valence-corrected chi connectivity index (χ0v) is 15.1. The van der Waals surface area contributed by atoms with Gasteiger partial charge in [-0.05, 0) is 30.5 Å². The molecule has 4 atom stereocenters. The molecule has 7 heteroatoms. The molecule has 4 rings (SSSR count). The van der Waals surface area contributed by atoms with Crippen molar-refractivity contribution in [2.75, 3.05) is 0 Å². The van der Waals surface area contributed by atoms with Crippen LogP contribution in [0.1, 0.15) is 49.3 Å². The minimum absolute atomic E-state index is 0.346. The molecule has 1 aliphatic carbocycles.